The fraction of sp³-hybridized carbons (Fsp3) is 0.387. The van der Waals surface area contributed by atoms with Crippen LogP contribution in [0.5, 0.6) is 5.75 Å². The van der Waals surface area contributed by atoms with Gasteiger partial charge in [-0.1, -0.05) is 43.5 Å². The molecule has 3 aromatic rings. The Labute approximate surface area is 225 Å². The van der Waals surface area contributed by atoms with E-state index < -0.39 is 0 Å². The van der Waals surface area contributed by atoms with Crippen molar-refractivity contribution in [1.82, 2.24) is 15.2 Å². The number of carbonyl (C=O) groups is 2. The smallest absolute Gasteiger partial charge is 0.251 e. The van der Waals surface area contributed by atoms with Crippen molar-refractivity contribution in [2.75, 3.05) is 25.1 Å². The lowest BCUT2D eigenvalue weighted by molar-refractivity contribution is -0.116. The summed E-state index contributed by atoms with van der Waals surface area (Å²) >= 11 is 0. The Kier molecular flexibility index (Phi) is 9.87. The molecule has 7 heteroatoms. The van der Waals surface area contributed by atoms with Gasteiger partial charge in [0.2, 0.25) is 5.91 Å². The van der Waals surface area contributed by atoms with E-state index in [1.165, 1.54) is 12.8 Å². The van der Waals surface area contributed by atoms with Gasteiger partial charge < -0.3 is 15.0 Å². The van der Waals surface area contributed by atoms with E-state index in [0.717, 1.165) is 60.5 Å². The molecule has 2 heterocycles. The fourth-order valence-electron chi connectivity index (χ4n) is 5.03. The number of amides is 2. The summed E-state index contributed by atoms with van der Waals surface area (Å²) in [4.78, 5) is 34.5. The highest BCUT2D eigenvalue weighted by Gasteiger charge is 2.20. The van der Waals surface area contributed by atoms with Crippen molar-refractivity contribution < 1.29 is 14.3 Å². The van der Waals surface area contributed by atoms with Crippen LogP contribution in [0.1, 0.15) is 66.1 Å². The van der Waals surface area contributed by atoms with Gasteiger partial charge in [-0.3, -0.25) is 19.5 Å². The minimum Gasteiger partial charge on any atom is -0.496 e. The van der Waals surface area contributed by atoms with Crippen LogP contribution in [0, 0.1) is 0 Å². The molecule has 0 aliphatic carbocycles. The first-order chi connectivity index (χ1) is 18.5. The van der Waals surface area contributed by atoms with Gasteiger partial charge in [0.05, 0.1) is 7.11 Å². The van der Waals surface area contributed by atoms with Crippen LogP contribution in [-0.4, -0.2) is 41.9 Å². The molecule has 1 aliphatic heterocycles. The van der Waals surface area contributed by atoms with E-state index in [2.05, 4.69) is 21.3 Å². The molecule has 38 heavy (non-hydrogen) atoms. The third-order valence-corrected chi connectivity index (χ3v) is 7.02. The molecule has 0 saturated heterocycles. The van der Waals surface area contributed by atoms with E-state index in [1.54, 1.807) is 20.2 Å². The highest BCUT2D eigenvalue weighted by atomic mass is 16.5. The van der Waals surface area contributed by atoms with Crippen LogP contribution in [-0.2, 0) is 24.4 Å². The second kappa shape index (κ2) is 13.7. The van der Waals surface area contributed by atoms with Crippen molar-refractivity contribution in [3.05, 3.63) is 89.2 Å². The molecule has 1 N–H and O–H groups in total. The van der Waals surface area contributed by atoms with E-state index in [4.69, 9.17) is 4.74 Å². The summed E-state index contributed by atoms with van der Waals surface area (Å²) in [5.41, 5.74) is 4.51. The standard InChI is InChI=1S/C31H38N4O3/c1-24(36)35-18-9-5-3-4-8-17-34(22-25-11-10-16-32-20-25)23-28-19-26(14-15-29(28)35)31(37)33-21-27-12-6-7-13-30(27)38-2/h6-7,10-16,19-20H,3-5,8-9,17-18,21-23H2,1-2H3,(H,33,37). The van der Waals surface area contributed by atoms with Crippen molar-refractivity contribution in [3.63, 3.8) is 0 Å². The maximum absolute atomic E-state index is 13.2. The lowest BCUT2D eigenvalue weighted by Crippen LogP contribution is -2.33. The number of para-hydroxylation sites is 1. The summed E-state index contributed by atoms with van der Waals surface area (Å²) in [5.74, 6) is 0.613. The first-order valence-electron chi connectivity index (χ1n) is 13.5. The molecule has 4 rings (SSSR count). The molecular formula is C31H38N4O3. The highest BCUT2D eigenvalue weighted by Crippen LogP contribution is 2.27. The monoisotopic (exact) mass is 514 g/mol. The van der Waals surface area contributed by atoms with Crippen LogP contribution in [0.4, 0.5) is 5.69 Å². The molecule has 0 fully saturated rings. The number of carbonyl (C=O) groups excluding carboxylic acids is 2. The van der Waals surface area contributed by atoms with Gasteiger partial charge in [0, 0.05) is 62.3 Å². The highest BCUT2D eigenvalue weighted by molar-refractivity contribution is 5.97. The summed E-state index contributed by atoms with van der Waals surface area (Å²) in [6.07, 6.45) is 9.22. The Morgan fingerprint density at radius 3 is 2.53 bits per heavy atom. The predicted molar refractivity (Wildman–Crippen MR) is 150 cm³/mol. The lowest BCUT2D eigenvalue weighted by atomic mass is 10.0. The average molecular weight is 515 g/mol. The summed E-state index contributed by atoms with van der Waals surface area (Å²) in [6.45, 7) is 5.02. The zero-order valence-electron chi connectivity index (χ0n) is 22.5. The van der Waals surface area contributed by atoms with Crippen LogP contribution in [0.15, 0.2) is 67.0 Å². The normalized spacial score (nSPS) is 15.1. The molecule has 0 unspecified atom stereocenters. The maximum Gasteiger partial charge on any atom is 0.251 e. The zero-order valence-corrected chi connectivity index (χ0v) is 22.5. The maximum atomic E-state index is 13.2. The van der Waals surface area contributed by atoms with E-state index in [0.29, 0.717) is 25.2 Å². The van der Waals surface area contributed by atoms with Gasteiger partial charge in [-0.15, -0.1) is 0 Å². The Morgan fingerprint density at radius 1 is 0.974 bits per heavy atom. The number of benzene rings is 2. The van der Waals surface area contributed by atoms with E-state index >= 15 is 0 Å². The number of anilines is 1. The van der Waals surface area contributed by atoms with Gasteiger partial charge in [-0.2, -0.15) is 0 Å². The van der Waals surface area contributed by atoms with Crippen molar-refractivity contribution in [1.29, 1.82) is 0 Å². The van der Waals surface area contributed by atoms with Crippen molar-refractivity contribution in [2.45, 2.75) is 58.7 Å². The third kappa shape index (κ3) is 7.42. The molecule has 0 radical (unpaired) electrons. The van der Waals surface area contributed by atoms with E-state index in [9.17, 15) is 9.59 Å². The number of nitrogens with zero attached hydrogens (tertiary/aromatic N) is 3. The molecule has 200 valence electrons. The Balaban J connectivity index is 1.62. The number of aromatic nitrogens is 1. The van der Waals surface area contributed by atoms with Crippen molar-refractivity contribution >= 4 is 17.5 Å². The molecule has 0 bridgehead atoms. The van der Waals surface area contributed by atoms with Gasteiger partial charge in [0.25, 0.3) is 5.91 Å². The largest absolute Gasteiger partial charge is 0.496 e. The Hall–Kier alpha value is -3.71. The molecule has 0 atom stereocenters. The lowest BCUT2D eigenvalue weighted by Gasteiger charge is -2.29. The number of pyridine rings is 1. The van der Waals surface area contributed by atoms with Gasteiger partial charge in [0.1, 0.15) is 5.75 Å². The van der Waals surface area contributed by atoms with Gasteiger partial charge in [-0.25, -0.2) is 0 Å². The molecule has 1 aliphatic rings. The van der Waals surface area contributed by atoms with Crippen molar-refractivity contribution in [3.8, 4) is 5.75 Å². The van der Waals surface area contributed by atoms with Gasteiger partial charge in [-0.05, 0) is 60.8 Å². The number of hydrogen-bond acceptors (Lipinski definition) is 5. The van der Waals surface area contributed by atoms with Crippen LogP contribution in [0.25, 0.3) is 0 Å². The number of fused-ring (bicyclic) bond motifs is 1. The number of rotatable bonds is 6. The van der Waals surface area contributed by atoms with Crippen LogP contribution in [0.2, 0.25) is 0 Å². The summed E-state index contributed by atoms with van der Waals surface area (Å²) in [5, 5.41) is 3.03. The summed E-state index contributed by atoms with van der Waals surface area (Å²) in [7, 11) is 1.63. The molecule has 7 nitrogen and oxygen atoms in total. The quantitative estimate of drug-likeness (QED) is 0.481. The average Bonchev–Trinajstić information content (AvgIpc) is 2.93. The number of ether oxygens (including phenoxy) is 1. The molecule has 1 aromatic heterocycles. The van der Waals surface area contributed by atoms with Gasteiger partial charge in [0.15, 0.2) is 0 Å². The predicted octanol–water partition coefficient (Wildman–Crippen LogP) is 5.34. The molecule has 0 saturated carbocycles. The minimum atomic E-state index is -0.155. The van der Waals surface area contributed by atoms with Crippen molar-refractivity contribution in [2.24, 2.45) is 0 Å². The van der Waals surface area contributed by atoms with E-state index in [1.807, 2.05) is 59.6 Å². The first kappa shape index (κ1) is 27.3. The van der Waals surface area contributed by atoms with Crippen LogP contribution < -0.4 is 15.0 Å². The zero-order chi connectivity index (χ0) is 26.7. The molecule has 2 aromatic carbocycles. The minimum absolute atomic E-state index is 0.0236. The Bertz CT molecular complexity index is 1210. The van der Waals surface area contributed by atoms with Crippen LogP contribution in [0.3, 0.4) is 0 Å². The molecular weight excluding hydrogens is 476 g/mol. The second-order valence-electron chi connectivity index (χ2n) is 9.85. The number of hydrogen-bond donors (Lipinski definition) is 1. The fourth-order valence-corrected chi connectivity index (χ4v) is 5.03. The summed E-state index contributed by atoms with van der Waals surface area (Å²) < 4.78 is 5.42. The van der Waals surface area contributed by atoms with E-state index in [-0.39, 0.29) is 11.8 Å². The number of nitrogens with one attached hydrogen (secondary N) is 1. The Morgan fingerprint density at radius 2 is 1.76 bits per heavy atom. The summed E-state index contributed by atoms with van der Waals surface area (Å²) in [6, 6.07) is 17.4. The van der Waals surface area contributed by atoms with Gasteiger partial charge >= 0.3 is 0 Å². The molecule has 0 spiro atoms. The van der Waals surface area contributed by atoms with Crippen LogP contribution >= 0.6 is 0 Å². The SMILES string of the molecule is COc1ccccc1CNC(=O)c1ccc2c(c1)CN(Cc1cccnc1)CCCCCCCN2C(C)=O. The second-order valence-corrected chi connectivity index (χ2v) is 9.85. The third-order valence-electron chi connectivity index (χ3n) is 7.02. The molecule has 2 amide bonds. The topological polar surface area (TPSA) is 74.8 Å². The first-order valence-corrected chi connectivity index (χ1v) is 13.5. The number of methoxy groups -OCH3 is 1.